The van der Waals surface area contributed by atoms with Gasteiger partial charge in [-0.15, -0.1) is 0 Å². The van der Waals surface area contributed by atoms with Crippen molar-refractivity contribution in [1.82, 2.24) is 10.2 Å². The van der Waals surface area contributed by atoms with E-state index in [1.807, 2.05) is 0 Å². The molecule has 16 heavy (non-hydrogen) atoms. The third kappa shape index (κ3) is 2.02. The molecule has 3 aliphatic rings. The van der Waals surface area contributed by atoms with Crippen LogP contribution in [0, 0.1) is 11.3 Å². The summed E-state index contributed by atoms with van der Waals surface area (Å²) in [7, 11) is 0. The van der Waals surface area contributed by atoms with E-state index in [1.54, 1.807) is 0 Å². The molecule has 0 aromatic rings. The number of nitrogens with one attached hydrogen (secondary N) is 1. The number of likely N-dealkylation sites (tertiary alicyclic amines) is 1. The lowest BCUT2D eigenvalue weighted by molar-refractivity contribution is 0.0947. The molecule has 2 heteroatoms. The van der Waals surface area contributed by atoms with Gasteiger partial charge in [0.1, 0.15) is 0 Å². The number of rotatable bonds is 3. The molecule has 2 nitrogen and oxygen atoms in total. The lowest BCUT2D eigenvalue weighted by Gasteiger charge is -2.40. The first-order valence-electron chi connectivity index (χ1n) is 7.22. The van der Waals surface area contributed by atoms with Gasteiger partial charge in [-0.25, -0.2) is 0 Å². The minimum atomic E-state index is 0.562. The maximum atomic E-state index is 3.53. The molecule has 0 amide bonds. The van der Waals surface area contributed by atoms with E-state index >= 15 is 0 Å². The molecule has 1 N–H and O–H groups in total. The molecule has 1 aliphatic carbocycles. The van der Waals surface area contributed by atoms with E-state index in [2.05, 4.69) is 17.1 Å². The number of nitrogens with zero attached hydrogens (tertiary/aromatic N) is 1. The molecule has 92 valence electrons. The Balaban J connectivity index is 1.60. The van der Waals surface area contributed by atoms with E-state index in [0.717, 1.165) is 12.0 Å². The van der Waals surface area contributed by atoms with Crippen molar-refractivity contribution >= 4 is 0 Å². The van der Waals surface area contributed by atoms with Crippen molar-refractivity contribution < 1.29 is 0 Å². The zero-order chi connectivity index (χ0) is 11.0. The van der Waals surface area contributed by atoms with Crippen LogP contribution in [0.1, 0.15) is 45.4 Å². The highest BCUT2D eigenvalue weighted by Crippen LogP contribution is 2.39. The topological polar surface area (TPSA) is 15.3 Å². The van der Waals surface area contributed by atoms with Crippen LogP contribution in [0.5, 0.6) is 0 Å². The molecule has 3 fully saturated rings. The smallest absolute Gasteiger partial charge is 0.0124 e. The van der Waals surface area contributed by atoms with Gasteiger partial charge in [0.05, 0.1) is 0 Å². The van der Waals surface area contributed by atoms with Crippen molar-refractivity contribution in [3.8, 4) is 0 Å². The first kappa shape index (κ1) is 11.0. The van der Waals surface area contributed by atoms with Gasteiger partial charge in [-0.3, -0.25) is 4.90 Å². The van der Waals surface area contributed by atoms with E-state index < -0.39 is 0 Å². The Bertz CT molecular complexity index is 241. The summed E-state index contributed by atoms with van der Waals surface area (Å²) in [4.78, 5) is 2.83. The van der Waals surface area contributed by atoms with Crippen molar-refractivity contribution in [3.63, 3.8) is 0 Å². The largest absolute Gasteiger partial charge is 0.316 e. The summed E-state index contributed by atoms with van der Waals surface area (Å²) in [6.07, 6.45) is 8.82. The zero-order valence-corrected chi connectivity index (χ0v) is 10.7. The SMILES string of the molecule is CC1(CN2CCCC2C2CCC2)CCNC1. The summed E-state index contributed by atoms with van der Waals surface area (Å²) >= 11 is 0. The Kier molecular flexibility index (Phi) is 2.97. The summed E-state index contributed by atoms with van der Waals surface area (Å²) in [5.41, 5.74) is 0.562. The second-order valence-electron chi connectivity index (χ2n) is 6.61. The molecule has 0 bridgehead atoms. The fourth-order valence-corrected chi connectivity index (χ4v) is 3.90. The number of hydrogen-bond donors (Lipinski definition) is 1. The molecule has 0 spiro atoms. The number of hydrogen-bond acceptors (Lipinski definition) is 2. The highest BCUT2D eigenvalue weighted by atomic mass is 15.2. The van der Waals surface area contributed by atoms with Gasteiger partial charge in [-0.2, -0.15) is 0 Å². The normalized spacial score (nSPS) is 41.4. The monoisotopic (exact) mass is 222 g/mol. The van der Waals surface area contributed by atoms with E-state index in [4.69, 9.17) is 0 Å². The maximum absolute atomic E-state index is 3.53. The van der Waals surface area contributed by atoms with Gasteiger partial charge in [0.25, 0.3) is 0 Å². The summed E-state index contributed by atoms with van der Waals surface area (Å²) in [6.45, 7) is 7.67. The molecule has 0 aromatic carbocycles. The Hall–Kier alpha value is -0.0800. The molecular formula is C14H26N2. The predicted molar refractivity (Wildman–Crippen MR) is 67.5 cm³/mol. The Morgan fingerprint density at radius 1 is 1.25 bits per heavy atom. The van der Waals surface area contributed by atoms with Crippen LogP contribution in [0.4, 0.5) is 0 Å². The van der Waals surface area contributed by atoms with Gasteiger partial charge >= 0.3 is 0 Å². The highest BCUT2D eigenvalue weighted by molar-refractivity contribution is 4.94. The van der Waals surface area contributed by atoms with Crippen LogP contribution in [0.3, 0.4) is 0 Å². The molecule has 0 aromatic heterocycles. The molecule has 2 heterocycles. The van der Waals surface area contributed by atoms with Gasteiger partial charge in [0, 0.05) is 19.1 Å². The summed E-state index contributed by atoms with van der Waals surface area (Å²) in [5, 5.41) is 3.53. The van der Waals surface area contributed by atoms with Gasteiger partial charge < -0.3 is 5.32 Å². The van der Waals surface area contributed by atoms with Crippen LogP contribution < -0.4 is 5.32 Å². The lowest BCUT2D eigenvalue weighted by Crippen LogP contribution is -2.44. The minimum Gasteiger partial charge on any atom is -0.316 e. The highest BCUT2D eigenvalue weighted by Gasteiger charge is 2.39. The van der Waals surface area contributed by atoms with Crippen molar-refractivity contribution in [3.05, 3.63) is 0 Å². The molecule has 0 radical (unpaired) electrons. The van der Waals surface area contributed by atoms with Crippen LogP contribution in [-0.4, -0.2) is 37.1 Å². The molecule has 1 saturated carbocycles. The molecule has 3 rings (SSSR count). The van der Waals surface area contributed by atoms with Crippen LogP contribution in [-0.2, 0) is 0 Å². The first-order chi connectivity index (χ1) is 7.77. The Morgan fingerprint density at radius 3 is 2.75 bits per heavy atom. The van der Waals surface area contributed by atoms with E-state index in [9.17, 15) is 0 Å². The second-order valence-corrected chi connectivity index (χ2v) is 6.61. The van der Waals surface area contributed by atoms with Crippen molar-refractivity contribution in [2.24, 2.45) is 11.3 Å². The molecule has 2 aliphatic heterocycles. The van der Waals surface area contributed by atoms with Crippen LogP contribution in [0.2, 0.25) is 0 Å². The van der Waals surface area contributed by atoms with E-state index in [-0.39, 0.29) is 0 Å². The average Bonchev–Trinajstić information content (AvgIpc) is 2.75. The standard InChI is InChI=1S/C14H26N2/c1-14(7-8-15-10-14)11-16-9-3-6-13(16)12-4-2-5-12/h12-13,15H,2-11H2,1H3. The molecule has 2 unspecified atom stereocenters. The fourth-order valence-electron chi connectivity index (χ4n) is 3.90. The van der Waals surface area contributed by atoms with E-state index in [0.29, 0.717) is 5.41 Å². The van der Waals surface area contributed by atoms with Gasteiger partial charge in [0.15, 0.2) is 0 Å². The first-order valence-corrected chi connectivity index (χ1v) is 7.22. The predicted octanol–water partition coefficient (Wildman–Crippen LogP) is 2.25. The molecular weight excluding hydrogens is 196 g/mol. The van der Waals surface area contributed by atoms with Crippen molar-refractivity contribution in [1.29, 1.82) is 0 Å². The van der Waals surface area contributed by atoms with E-state index in [1.165, 1.54) is 64.7 Å². The Morgan fingerprint density at radius 2 is 2.12 bits per heavy atom. The van der Waals surface area contributed by atoms with Gasteiger partial charge in [-0.1, -0.05) is 13.3 Å². The van der Waals surface area contributed by atoms with Crippen LogP contribution in [0.25, 0.3) is 0 Å². The lowest BCUT2D eigenvalue weighted by atomic mass is 9.78. The third-order valence-electron chi connectivity index (χ3n) is 5.15. The Labute approximate surface area is 99.8 Å². The van der Waals surface area contributed by atoms with Gasteiger partial charge in [-0.05, 0) is 56.5 Å². The van der Waals surface area contributed by atoms with Crippen molar-refractivity contribution in [2.45, 2.75) is 51.5 Å². The molecule has 2 atom stereocenters. The van der Waals surface area contributed by atoms with Crippen LogP contribution >= 0.6 is 0 Å². The van der Waals surface area contributed by atoms with Crippen LogP contribution in [0.15, 0.2) is 0 Å². The third-order valence-corrected chi connectivity index (χ3v) is 5.15. The fraction of sp³-hybridized carbons (Fsp3) is 1.00. The summed E-state index contributed by atoms with van der Waals surface area (Å²) in [6, 6.07) is 0.950. The quantitative estimate of drug-likeness (QED) is 0.788. The summed E-state index contributed by atoms with van der Waals surface area (Å²) < 4.78 is 0. The molecule has 2 saturated heterocycles. The second kappa shape index (κ2) is 4.30. The average molecular weight is 222 g/mol. The van der Waals surface area contributed by atoms with Gasteiger partial charge in [0.2, 0.25) is 0 Å². The van der Waals surface area contributed by atoms with Crippen molar-refractivity contribution in [2.75, 3.05) is 26.2 Å². The minimum absolute atomic E-state index is 0.562. The zero-order valence-electron chi connectivity index (χ0n) is 10.7. The maximum Gasteiger partial charge on any atom is 0.0124 e. The summed E-state index contributed by atoms with van der Waals surface area (Å²) in [5.74, 6) is 1.06.